The Morgan fingerprint density at radius 1 is 1.08 bits per heavy atom. The number of hydrogen-bond acceptors (Lipinski definition) is 5. The summed E-state index contributed by atoms with van der Waals surface area (Å²) < 4.78 is 81.6. The second-order valence-corrected chi connectivity index (χ2v) is 9.70. The maximum atomic E-state index is 13.3. The first kappa shape index (κ1) is 25.8. The second-order valence-electron chi connectivity index (χ2n) is 8.71. The van der Waals surface area contributed by atoms with Crippen LogP contribution in [0.2, 0.25) is 0 Å². The highest BCUT2D eigenvalue weighted by Crippen LogP contribution is 2.38. The van der Waals surface area contributed by atoms with E-state index in [4.69, 9.17) is 0 Å². The van der Waals surface area contributed by atoms with Crippen LogP contribution in [0.3, 0.4) is 0 Å². The Morgan fingerprint density at radius 2 is 1.76 bits per heavy atom. The van der Waals surface area contributed by atoms with Gasteiger partial charge in [0.05, 0.1) is 29.1 Å². The lowest BCUT2D eigenvalue weighted by atomic mass is 10.1. The van der Waals surface area contributed by atoms with Crippen LogP contribution in [0.1, 0.15) is 29.2 Å². The van der Waals surface area contributed by atoms with Gasteiger partial charge in [-0.05, 0) is 42.8 Å². The molecule has 0 bridgehead atoms. The van der Waals surface area contributed by atoms with Crippen molar-refractivity contribution in [2.24, 2.45) is 0 Å². The Hall–Kier alpha value is -3.81. The molecule has 198 valence electrons. The van der Waals surface area contributed by atoms with Gasteiger partial charge in [-0.25, -0.2) is 9.67 Å². The van der Waals surface area contributed by atoms with Crippen molar-refractivity contribution in [3.63, 3.8) is 0 Å². The summed E-state index contributed by atoms with van der Waals surface area (Å²) in [6, 6.07) is 7.56. The number of hydrogen-bond donors (Lipinski definition) is 1. The maximum absolute atomic E-state index is 13.3. The van der Waals surface area contributed by atoms with Crippen molar-refractivity contribution in [3.05, 3.63) is 75.7 Å². The number of nitrogens with one attached hydrogen (secondary N) is 1. The molecule has 0 saturated carbocycles. The number of carbonyl (C=O) groups is 1. The molecule has 2 aromatic heterocycles. The number of amides is 1. The maximum Gasteiger partial charge on any atom is 0.416 e. The molecule has 0 aliphatic carbocycles. The minimum absolute atomic E-state index is 0.0209. The molecule has 3 heterocycles. The lowest BCUT2D eigenvalue weighted by molar-refractivity contribution is -0.143. The van der Waals surface area contributed by atoms with Gasteiger partial charge in [0.15, 0.2) is 10.8 Å². The SMILES string of the molecule is Cc1cccc(-n2ncc3c(=O)n4c(nc32)SCC4CC(=O)Nc2cc(C(F)(F)F)cc(C(F)(F)F)c2)c1. The van der Waals surface area contributed by atoms with Crippen LogP contribution in [0.5, 0.6) is 0 Å². The van der Waals surface area contributed by atoms with Gasteiger partial charge >= 0.3 is 12.4 Å². The largest absolute Gasteiger partial charge is 0.416 e. The summed E-state index contributed by atoms with van der Waals surface area (Å²) in [5.41, 5.74) is -2.18. The third kappa shape index (κ3) is 4.87. The zero-order chi connectivity index (χ0) is 27.4. The third-order valence-electron chi connectivity index (χ3n) is 5.91. The number of benzene rings is 2. The Labute approximate surface area is 214 Å². The molecule has 0 radical (unpaired) electrons. The monoisotopic (exact) mass is 553 g/mol. The Balaban J connectivity index is 1.42. The summed E-state index contributed by atoms with van der Waals surface area (Å²) in [6.07, 6.45) is -9.09. The number of fused-ring (bicyclic) bond motifs is 2. The molecule has 14 heteroatoms. The lowest BCUT2D eigenvalue weighted by Gasteiger charge is -2.16. The van der Waals surface area contributed by atoms with Crippen LogP contribution in [-0.4, -0.2) is 31.0 Å². The minimum atomic E-state index is -5.05. The van der Waals surface area contributed by atoms with Crippen LogP contribution < -0.4 is 10.9 Å². The van der Waals surface area contributed by atoms with Gasteiger partial charge in [0, 0.05) is 17.9 Å². The molecule has 0 fully saturated rings. The van der Waals surface area contributed by atoms with Crippen molar-refractivity contribution < 1.29 is 31.1 Å². The van der Waals surface area contributed by atoms with E-state index in [1.54, 1.807) is 0 Å². The minimum Gasteiger partial charge on any atom is -0.326 e. The van der Waals surface area contributed by atoms with Crippen LogP contribution >= 0.6 is 11.8 Å². The van der Waals surface area contributed by atoms with Gasteiger partial charge in [0.2, 0.25) is 5.91 Å². The number of halogens is 6. The summed E-state index contributed by atoms with van der Waals surface area (Å²) in [6.45, 7) is 1.91. The quantitative estimate of drug-likeness (QED) is 0.263. The van der Waals surface area contributed by atoms with Crippen molar-refractivity contribution in [2.75, 3.05) is 11.1 Å². The predicted octanol–water partition coefficient (Wildman–Crippen LogP) is 5.60. The van der Waals surface area contributed by atoms with Gasteiger partial charge in [-0.3, -0.25) is 14.2 Å². The van der Waals surface area contributed by atoms with Gasteiger partial charge in [-0.1, -0.05) is 23.9 Å². The fourth-order valence-corrected chi connectivity index (χ4v) is 5.31. The third-order valence-corrected chi connectivity index (χ3v) is 7.01. The Kier molecular flexibility index (Phi) is 6.24. The van der Waals surface area contributed by atoms with E-state index in [0.29, 0.717) is 28.6 Å². The Morgan fingerprint density at radius 3 is 2.39 bits per heavy atom. The molecular formula is C24H17F6N5O2S. The van der Waals surface area contributed by atoms with E-state index >= 15 is 0 Å². The smallest absolute Gasteiger partial charge is 0.326 e. The van der Waals surface area contributed by atoms with Crippen LogP contribution in [-0.2, 0) is 17.1 Å². The van der Waals surface area contributed by atoms with Crippen molar-refractivity contribution in [1.82, 2.24) is 19.3 Å². The summed E-state index contributed by atoms with van der Waals surface area (Å²) in [5, 5.41) is 6.92. The van der Waals surface area contributed by atoms with Crippen molar-refractivity contribution in [1.29, 1.82) is 0 Å². The first-order valence-electron chi connectivity index (χ1n) is 11.1. The summed E-state index contributed by atoms with van der Waals surface area (Å²) in [4.78, 5) is 30.5. The van der Waals surface area contributed by atoms with Crippen LogP contribution in [0.25, 0.3) is 16.7 Å². The highest BCUT2D eigenvalue weighted by molar-refractivity contribution is 7.99. The number of thioether (sulfide) groups is 1. The van der Waals surface area contributed by atoms with Gasteiger partial charge < -0.3 is 5.32 Å². The molecular weight excluding hydrogens is 536 g/mol. The molecule has 1 atom stereocenters. The first-order chi connectivity index (χ1) is 17.8. The predicted molar refractivity (Wildman–Crippen MR) is 127 cm³/mol. The molecule has 38 heavy (non-hydrogen) atoms. The number of carbonyl (C=O) groups excluding carboxylic acids is 1. The van der Waals surface area contributed by atoms with Crippen molar-refractivity contribution in [3.8, 4) is 5.69 Å². The molecule has 1 aliphatic rings. The standard InChI is InChI=1S/C24H17F6N5O2S/c1-12-3-2-4-16(5-12)35-20-18(10-31-35)21(37)34-17(11-38-22(34)33-20)9-19(36)32-15-7-13(23(25,26)27)6-14(8-15)24(28,29)30/h2-8,10,17H,9,11H2,1H3,(H,32,36). The topological polar surface area (TPSA) is 81.8 Å². The number of anilines is 1. The molecule has 1 unspecified atom stereocenters. The molecule has 7 nitrogen and oxygen atoms in total. The number of aromatic nitrogens is 4. The molecule has 2 aromatic carbocycles. The van der Waals surface area contributed by atoms with Gasteiger partial charge in [-0.15, -0.1) is 0 Å². The van der Waals surface area contributed by atoms with E-state index in [1.165, 1.54) is 27.2 Å². The second kappa shape index (κ2) is 9.19. The highest BCUT2D eigenvalue weighted by Gasteiger charge is 2.37. The van der Waals surface area contributed by atoms with E-state index in [0.717, 1.165) is 5.56 Å². The zero-order valence-corrected chi connectivity index (χ0v) is 20.2. The molecule has 1 aliphatic heterocycles. The molecule has 5 rings (SSSR count). The van der Waals surface area contributed by atoms with Crippen LogP contribution in [0, 0.1) is 6.92 Å². The fourth-order valence-electron chi connectivity index (χ4n) is 4.18. The van der Waals surface area contributed by atoms with Gasteiger partial charge in [-0.2, -0.15) is 31.4 Å². The normalized spacial score (nSPS) is 15.6. The van der Waals surface area contributed by atoms with E-state index in [9.17, 15) is 35.9 Å². The van der Waals surface area contributed by atoms with Gasteiger partial charge in [0.25, 0.3) is 5.56 Å². The van der Waals surface area contributed by atoms with E-state index in [2.05, 4.69) is 15.4 Å². The van der Waals surface area contributed by atoms with Crippen molar-refractivity contribution in [2.45, 2.75) is 36.9 Å². The number of aryl methyl sites for hydroxylation is 1. The van der Waals surface area contributed by atoms with E-state index in [1.807, 2.05) is 31.2 Å². The number of rotatable bonds is 4. The fraction of sp³-hybridized carbons (Fsp3) is 0.250. The van der Waals surface area contributed by atoms with E-state index < -0.39 is 46.7 Å². The molecule has 0 saturated heterocycles. The first-order valence-corrected chi connectivity index (χ1v) is 12.1. The van der Waals surface area contributed by atoms with Crippen LogP contribution in [0.4, 0.5) is 32.0 Å². The number of nitrogens with zero attached hydrogens (tertiary/aromatic N) is 4. The van der Waals surface area contributed by atoms with Gasteiger partial charge in [0.1, 0.15) is 5.39 Å². The molecule has 4 aromatic rings. The average Bonchev–Trinajstić information content (AvgIpc) is 3.42. The Bertz CT molecular complexity index is 1590. The molecule has 0 spiro atoms. The lowest BCUT2D eigenvalue weighted by Crippen LogP contribution is -2.28. The summed E-state index contributed by atoms with van der Waals surface area (Å²) in [5.74, 6) is -0.588. The summed E-state index contributed by atoms with van der Waals surface area (Å²) >= 11 is 1.21. The summed E-state index contributed by atoms with van der Waals surface area (Å²) in [7, 11) is 0. The zero-order valence-electron chi connectivity index (χ0n) is 19.4. The van der Waals surface area contributed by atoms with E-state index in [-0.39, 0.29) is 23.6 Å². The highest BCUT2D eigenvalue weighted by atomic mass is 32.2. The molecule has 1 N–H and O–H groups in total. The van der Waals surface area contributed by atoms with Crippen LogP contribution in [0.15, 0.2) is 58.6 Å². The van der Waals surface area contributed by atoms with Crippen molar-refractivity contribution >= 4 is 34.4 Å². The number of alkyl halides is 6. The average molecular weight is 553 g/mol. The molecule has 1 amide bonds.